The van der Waals surface area contributed by atoms with Gasteiger partial charge in [-0.15, -0.1) is 0 Å². The topological polar surface area (TPSA) is 110 Å². The van der Waals surface area contributed by atoms with Gasteiger partial charge in [0.2, 0.25) is 0 Å². The maximum absolute atomic E-state index is 13.5. The molecule has 31 heavy (non-hydrogen) atoms. The van der Waals surface area contributed by atoms with Crippen LogP contribution in [0, 0.1) is 18.3 Å². The number of anilines is 2. The van der Waals surface area contributed by atoms with E-state index < -0.39 is 16.0 Å². The fraction of sp³-hybridized carbons (Fsp3) is 0.391. The Kier molecular flexibility index (Phi) is 5.63. The number of piperidine rings is 1. The van der Waals surface area contributed by atoms with Crippen LogP contribution in [0.25, 0.3) is 0 Å². The molecule has 8 heteroatoms. The van der Waals surface area contributed by atoms with Crippen LogP contribution in [0.1, 0.15) is 65.1 Å². The van der Waals surface area contributed by atoms with Crippen molar-refractivity contribution in [3.8, 4) is 6.07 Å². The highest BCUT2D eigenvalue weighted by molar-refractivity contribution is 7.92. The molecule has 0 atom stereocenters. The number of nitrogens with zero attached hydrogens (tertiary/aromatic N) is 2. The molecule has 0 aromatic heterocycles. The van der Waals surface area contributed by atoms with E-state index in [0.29, 0.717) is 16.8 Å². The number of aromatic carboxylic acids is 1. The maximum Gasteiger partial charge on any atom is 0.335 e. The van der Waals surface area contributed by atoms with E-state index in [2.05, 4.69) is 15.7 Å². The number of hydrogen-bond donors (Lipinski definition) is 2. The fourth-order valence-electron chi connectivity index (χ4n) is 4.29. The summed E-state index contributed by atoms with van der Waals surface area (Å²) in [5, 5.41) is 18.8. The molecule has 0 radical (unpaired) electrons. The summed E-state index contributed by atoms with van der Waals surface area (Å²) >= 11 is 0. The number of benzene rings is 2. The van der Waals surface area contributed by atoms with Crippen molar-refractivity contribution in [2.45, 2.75) is 49.8 Å². The first-order chi connectivity index (χ1) is 14.8. The largest absolute Gasteiger partial charge is 0.478 e. The van der Waals surface area contributed by atoms with Crippen molar-refractivity contribution in [1.82, 2.24) is 0 Å². The smallest absolute Gasteiger partial charge is 0.335 e. The molecule has 4 rings (SSSR count). The molecule has 0 bridgehead atoms. The summed E-state index contributed by atoms with van der Waals surface area (Å²) in [6, 6.07) is 9.72. The zero-order valence-electron chi connectivity index (χ0n) is 17.4. The standard InChI is InChI=1S/C23H25N3O4S/c1-15-11-16(14-24)12-20(22(15)26-9-3-2-4-10-26)25-31(29,30)21-13-18(23(27)28)7-8-19(21)17-5-6-17/h7-8,11-13,17,25H,2-6,9-10H2,1H3,(H,27,28). The number of carbonyl (C=O) groups is 1. The molecular formula is C23H25N3O4S. The van der Waals surface area contributed by atoms with Crippen LogP contribution in [-0.2, 0) is 10.0 Å². The van der Waals surface area contributed by atoms with Gasteiger partial charge in [0.15, 0.2) is 0 Å². The van der Waals surface area contributed by atoms with Gasteiger partial charge < -0.3 is 10.0 Å². The second-order valence-corrected chi connectivity index (χ2v) is 9.94. The van der Waals surface area contributed by atoms with Crippen molar-refractivity contribution in [3.05, 3.63) is 52.6 Å². The van der Waals surface area contributed by atoms with Crippen LogP contribution >= 0.6 is 0 Å². The molecule has 1 heterocycles. The molecule has 1 aliphatic heterocycles. The third-order valence-electron chi connectivity index (χ3n) is 5.91. The maximum atomic E-state index is 13.5. The average Bonchev–Trinajstić information content (AvgIpc) is 3.58. The van der Waals surface area contributed by atoms with Gasteiger partial charge in [0.05, 0.1) is 33.5 Å². The second kappa shape index (κ2) is 8.23. The lowest BCUT2D eigenvalue weighted by Crippen LogP contribution is -2.31. The third-order valence-corrected chi connectivity index (χ3v) is 7.33. The fourth-order valence-corrected chi connectivity index (χ4v) is 5.67. The van der Waals surface area contributed by atoms with Crippen LogP contribution < -0.4 is 9.62 Å². The number of sulfonamides is 1. The van der Waals surface area contributed by atoms with E-state index >= 15 is 0 Å². The lowest BCUT2D eigenvalue weighted by atomic mass is 10.0. The van der Waals surface area contributed by atoms with Gasteiger partial charge in [0, 0.05) is 13.1 Å². The molecule has 7 nitrogen and oxygen atoms in total. The molecule has 2 aromatic carbocycles. The molecule has 2 aromatic rings. The molecule has 2 aliphatic rings. The van der Waals surface area contributed by atoms with Gasteiger partial charge in [-0.25, -0.2) is 13.2 Å². The number of nitrogens with one attached hydrogen (secondary N) is 1. The molecule has 2 fully saturated rings. The van der Waals surface area contributed by atoms with E-state index in [1.807, 2.05) is 6.92 Å². The van der Waals surface area contributed by atoms with Crippen LogP contribution in [0.3, 0.4) is 0 Å². The molecule has 0 amide bonds. The normalized spacial score (nSPS) is 16.6. The first kappa shape index (κ1) is 21.2. The van der Waals surface area contributed by atoms with Gasteiger partial charge in [-0.1, -0.05) is 6.07 Å². The summed E-state index contributed by atoms with van der Waals surface area (Å²) in [4.78, 5) is 13.6. The minimum Gasteiger partial charge on any atom is -0.478 e. The Hall–Kier alpha value is -3.05. The van der Waals surface area contributed by atoms with Crippen molar-refractivity contribution in [1.29, 1.82) is 5.26 Å². The van der Waals surface area contributed by atoms with Crippen molar-refractivity contribution >= 4 is 27.4 Å². The van der Waals surface area contributed by atoms with E-state index in [1.165, 1.54) is 12.1 Å². The molecule has 0 unspecified atom stereocenters. The monoisotopic (exact) mass is 439 g/mol. The first-order valence-electron chi connectivity index (χ1n) is 10.5. The van der Waals surface area contributed by atoms with Gasteiger partial charge in [0.1, 0.15) is 0 Å². The van der Waals surface area contributed by atoms with Gasteiger partial charge in [-0.2, -0.15) is 5.26 Å². The van der Waals surface area contributed by atoms with Gasteiger partial charge in [-0.05, 0) is 80.3 Å². The number of nitriles is 1. The minimum atomic E-state index is -4.06. The average molecular weight is 440 g/mol. The summed E-state index contributed by atoms with van der Waals surface area (Å²) in [5.74, 6) is -1.04. The molecular weight excluding hydrogens is 414 g/mol. The van der Waals surface area contributed by atoms with Crippen LogP contribution in [0.4, 0.5) is 11.4 Å². The number of hydrogen-bond acceptors (Lipinski definition) is 5. The summed E-state index contributed by atoms with van der Waals surface area (Å²) in [5.41, 5.74) is 2.93. The summed E-state index contributed by atoms with van der Waals surface area (Å²) in [7, 11) is -4.06. The van der Waals surface area contributed by atoms with E-state index in [4.69, 9.17) is 0 Å². The molecule has 0 spiro atoms. The highest BCUT2D eigenvalue weighted by atomic mass is 32.2. The quantitative estimate of drug-likeness (QED) is 0.697. The van der Waals surface area contributed by atoms with Crippen LogP contribution in [0.2, 0.25) is 0 Å². The highest BCUT2D eigenvalue weighted by Gasteiger charge is 2.32. The van der Waals surface area contributed by atoms with Crippen molar-refractivity contribution in [3.63, 3.8) is 0 Å². The van der Waals surface area contributed by atoms with Gasteiger partial charge in [-0.3, -0.25) is 4.72 Å². The zero-order valence-corrected chi connectivity index (χ0v) is 18.2. The minimum absolute atomic E-state index is 0.000456. The summed E-state index contributed by atoms with van der Waals surface area (Å²) in [6.45, 7) is 3.52. The Morgan fingerprint density at radius 2 is 1.87 bits per heavy atom. The Morgan fingerprint density at radius 1 is 1.16 bits per heavy atom. The van der Waals surface area contributed by atoms with E-state index in [1.54, 1.807) is 18.2 Å². The molecule has 1 aliphatic carbocycles. The lowest BCUT2D eigenvalue weighted by molar-refractivity contribution is 0.0696. The Balaban J connectivity index is 1.80. The van der Waals surface area contributed by atoms with Crippen molar-refractivity contribution in [2.24, 2.45) is 0 Å². The predicted octanol–water partition coefficient (Wildman–Crippen LogP) is 4.23. The van der Waals surface area contributed by atoms with E-state index in [9.17, 15) is 23.6 Å². The zero-order chi connectivity index (χ0) is 22.2. The Bertz CT molecular complexity index is 1170. The lowest BCUT2D eigenvalue weighted by Gasteiger charge is -2.32. The molecule has 2 N–H and O–H groups in total. The number of carboxylic acids is 1. The van der Waals surface area contributed by atoms with Crippen LogP contribution in [0.5, 0.6) is 0 Å². The predicted molar refractivity (Wildman–Crippen MR) is 118 cm³/mol. The summed E-state index contributed by atoms with van der Waals surface area (Å²) in [6.07, 6.45) is 4.96. The molecule has 1 saturated carbocycles. The number of aryl methyl sites for hydroxylation is 1. The SMILES string of the molecule is Cc1cc(C#N)cc(NS(=O)(=O)c2cc(C(=O)O)ccc2C2CC2)c1N1CCCCC1. The Morgan fingerprint density at radius 3 is 2.48 bits per heavy atom. The number of rotatable bonds is 6. The number of carboxylic acid groups (broad SMARTS) is 1. The van der Waals surface area contributed by atoms with Gasteiger partial charge in [0.25, 0.3) is 10.0 Å². The van der Waals surface area contributed by atoms with Crippen LogP contribution in [0.15, 0.2) is 35.2 Å². The first-order valence-corrected chi connectivity index (χ1v) is 12.0. The van der Waals surface area contributed by atoms with E-state index in [0.717, 1.165) is 56.4 Å². The molecule has 162 valence electrons. The molecule has 1 saturated heterocycles. The van der Waals surface area contributed by atoms with Crippen molar-refractivity contribution < 1.29 is 18.3 Å². The summed E-state index contributed by atoms with van der Waals surface area (Å²) < 4.78 is 29.6. The Labute approximate surface area is 182 Å². The third kappa shape index (κ3) is 4.37. The van der Waals surface area contributed by atoms with E-state index in [-0.39, 0.29) is 16.4 Å². The van der Waals surface area contributed by atoms with Crippen LogP contribution in [-0.4, -0.2) is 32.6 Å². The van der Waals surface area contributed by atoms with Crippen molar-refractivity contribution in [2.75, 3.05) is 22.7 Å². The van der Waals surface area contributed by atoms with Gasteiger partial charge >= 0.3 is 5.97 Å². The highest BCUT2D eigenvalue weighted by Crippen LogP contribution is 2.44. The second-order valence-electron chi connectivity index (χ2n) is 8.29.